The van der Waals surface area contributed by atoms with E-state index in [9.17, 15) is 13.2 Å². The van der Waals surface area contributed by atoms with Gasteiger partial charge in [-0.3, -0.25) is 14.7 Å². The van der Waals surface area contributed by atoms with Crippen LogP contribution >= 0.6 is 0 Å². The highest BCUT2D eigenvalue weighted by molar-refractivity contribution is 7.91. The van der Waals surface area contributed by atoms with Crippen LogP contribution in [0.4, 0.5) is 0 Å². The Morgan fingerprint density at radius 2 is 1.86 bits per heavy atom. The smallest absolute Gasteiger partial charge is 0.253 e. The maximum Gasteiger partial charge on any atom is 0.253 e. The van der Waals surface area contributed by atoms with Crippen LogP contribution in [0, 0.1) is 0 Å². The molecular formula is C19H31N5O3S. The number of aliphatic imine (C=N–C) groups is 1. The van der Waals surface area contributed by atoms with Crippen LogP contribution < -0.4 is 10.6 Å². The lowest BCUT2D eigenvalue weighted by molar-refractivity contribution is 0.0827. The first kappa shape index (κ1) is 22.2. The van der Waals surface area contributed by atoms with Crippen molar-refractivity contribution >= 4 is 21.7 Å². The molecule has 0 aromatic heterocycles. The fraction of sp³-hybridized carbons (Fsp3) is 0.579. The number of carbonyl (C=O) groups excluding carboxylic acids is 1. The molecule has 1 aliphatic heterocycles. The Morgan fingerprint density at radius 1 is 1.18 bits per heavy atom. The van der Waals surface area contributed by atoms with E-state index in [1.54, 1.807) is 26.0 Å². The van der Waals surface area contributed by atoms with Gasteiger partial charge in [0, 0.05) is 59.4 Å². The molecule has 9 heteroatoms. The van der Waals surface area contributed by atoms with Gasteiger partial charge in [0.1, 0.15) is 0 Å². The minimum absolute atomic E-state index is 0.00204. The molecule has 1 heterocycles. The predicted molar refractivity (Wildman–Crippen MR) is 113 cm³/mol. The normalized spacial score (nSPS) is 17.2. The van der Waals surface area contributed by atoms with Crippen LogP contribution in [0.3, 0.4) is 0 Å². The third-order valence-electron chi connectivity index (χ3n) is 4.67. The van der Waals surface area contributed by atoms with Crippen molar-refractivity contribution in [3.8, 4) is 0 Å². The van der Waals surface area contributed by atoms with Gasteiger partial charge in [0.2, 0.25) is 0 Å². The molecule has 0 spiro atoms. The summed E-state index contributed by atoms with van der Waals surface area (Å²) in [5.74, 6) is 1.20. The SMILES string of the molecule is CN=C(NCCc1cccc(C(=O)N(C)C)c1)NCCN1CCS(=O)(=O)CC1. The van der Waals surface area contributed by atoms with Crippen LogP contribution in [-0.2, 0) is 16.3 Å². The fourth-order valence-electron chi connectivity index (χ4n) is 2.97. The van der Waals surface area contributed by atoms with Crippen molar-refractivity contribution in [2.45, 2.75) is 6.42 Å². The molecule has 8 nitrogen and oxygen atoms in total. The predicted octanol–water partition coefficient (Wildman–Crippen LogP) is -0.174. The molecule has 0 atom stereocenters. The number of carbonyl (C=O) groups is 1. The quantitative estimate of drug-likeness (QED) is 0.480. The van der Waals surface area contributed by atoms with Crippen LogP contribution in [0.15, 0.2) is 29.3 Å². The standard InChI is InChI=1S/C19H31N5O3S/c1-20-19(22-9-10-24-11-13-28(26,27)14-12-24)21-8-7-16-5-4-6-17(15-16)18(25)23(2)3/h4-6,15H,7-14H2,1-3H3,(H2,20,21,22). The van der Waals surface area contributed by atoms with Crippen LogP contribution in [0.1, 0.15) is 15.9 Å². The van der Waals surface area contributed by atoms with E-state index in [4.69, 9.17) is 0 Å². The van der Waals surface area contributed by atoms with Gasteiger partial charge in [-0.05, 0) is 24.1 Å². The number of hydrogen-bond acceptors (Lipinski definition) is 5. The minimum Gasteiger partial charge on any atom is -0.356 e. The highest BCUT2D eigenvalue weighted by atomic mass is 32.2. The van der Waals surface area contributed by atoms with Crippen molar-refractivity contribution in [1.82, 2.24) is 20.4 Å². The van der Waals surface area contributed by atoms with Crippen molar-refractivity contribution in [2.24, 2.45) is 4.99 Å². The Labute approximate surface area is 167 Å². The van der Waals surface area contributed by atoms with Crippen molar-refractivity contribution in [2.75, 3.05) is 65.4 Å². The van der Waals surface area contributed by atoms with Gasteiger partial charge in [-0.25, -0.2) is 8.42 Å². The van der Waals surface area contributed by atoms with E-state index in [1.165, 1.54) is 0 Å². The maximum absolute atomic E-state index is 12.1. The van der Waals surface area contributed by atoms with E-state index < -0.39 is 9.84 Å². The first-order chi connectivity index (χ1) is 13.3. The molecule has 2 N–H and O–H groups in total. The Hall–Kier alpha value is -2.13. The largest absolute Gasteiger partial charge is 0.356 e. The van der Waals surface area contributed by atoms with Gasteiger partial charge in [-0.1, -0.05) is 12.1 Å². The van der Waals surface area contributed by atoms with Gasteiger partial charge in [-0.2, -0.15) is 0 Å². The number of hydrogen-bond donors (Lipinski definition) is 2. The molecule has 1 fully saturated rings. The highest BCUT2D eigenvalue weighted by Crippen LogP contribution is 2.07. The van der Waals surface area contributed by atoms with Crippen molar-refractivity contribution in [1.29, 1.82) is 0 Å². The Bertz CT molecular complexity index is 779. The number of amides is 1. The molecule has 0 unspecified atom stereocenters. The van der Waals surface area contributed by atoms with Gasteiger partial charge in [0.05, 0.1) is 11.5 Å². The molecule has 1 aromatic carbocycles. The molecule has 0 radical (unpaired) electrons. The van der Waals surface area contributed by atoms with Crippen LogP contribution in [0.5, 0.6) is 0 Å². The average Bonchev–Trinajstić information content (AvgIpc) is 2.67. The van der Waals surface area contributed by atoms with Gasteiger partial charge >= 0.3 is 0 Å². The number of benzene rings is 1. The Balaban J connectivity index is 1.71. The summed E-state index contributed by atoms with van der Waals surface area (Å²) in [6.45, 7) is 3.37. The summed E-state index contributed by atoms with van der Waals surface area (Å²) in [4.78, 5) is 20.0. The number of guanidine groups is 1. The fourth-order valence-corrected chi connectivity index (χ4v) is 4.25. The van der Waals surface area contributed by atoms with Gasteiger partial charge in [0.15, 0.2) is 15.8 Å². The van der Waals surface area contributed by atoms with Crippen LogP contribution in [0.2, 0.25) is 0 Å². The lowest BCUT2D eigenvalue weighted by atomic mass is 10.1. The van der Waals surface area contributed by atoms with E-state index in [1.807, 2.05) is 24.3 Å². The number of nitrogens with one attached hydrogen (secondary N) is 2. The topological polar surface area (TPSA) is 94.1 Å². The molecule has 28 heavy (non-hydrogen) atoms. The second-order valence-electron chi connectivity index (χ2n) is 7.07. The van der Waals surface area contributed by atoms with E-state index >= 15 is 0 Å². The monoisotopic (exact) mass is 409 g/mol. The second-order valence-corrected chi connectivity index (χ2v) is 9.37. The third kappa shape index (κ3) is 7.12. The zero-order valence-electron chi connectivity index (χ0n) is 16.9. The van der Waals surface area contributed by atoms with Crippen LogP contribution in [0.25, 0.3) is 0 Å². The zero-order valence-corrected chi connectivity index (χ0v) is 17.8. The van der Waals surface area contributed by atoms with Gasteiger partial charge in [0.25, 0.3) is 5.91 Å². The van der Waals surface area contributed by atoms with Gasteiger partial charge < -0.3 is 15.5 Å². The first-order valence-electron chi connectivity index (χ1n) is 9.48. The lowest BCUT2D eigenvalue weighted by Gasteiger charge is -2.26. The molecule has 2 rings (SSSR count). The van der Waals surface area contributed by atoms with Crippen LogP contribution in [-0.4, -0.2) is 95.5 Å². The van der Waals surface area contributed by atoms with E-state index in [-0.39, 0.29) is 17.4 Å². The van der Waals surface area contributed by atoms with Crippen molar-refractivity contribution in [3.63, 3.8) is 0 Å². The van der Waals surface area contributed by atoms with Gasteiger partial charge in [-0.15, -0.1) is 0 Å². The summed E-state index contributed by atoms with van der Waals surface area (Å²) >= 11 is 0. The summed E-state index contributed by atoms with van der Waals surface area (Å²) in [7, 11) is 2.38. The average molecular weight is 410 g/mol. The molecule has 1 aromatic rings. The summed E-state index contributed by atoms with van der Waals surface area (Å²) in [5.41, 5.74) is 1.78. The van der Waals surface area contributed by atoms with Crippen molar-refractivity contribution in [3.05, 3.63) is 35.4 Å². The van der Waals surface area contributed by atoms with E-state index in [0.717, 1.165) is 18.5 Å². The molecule has 156 valence electrons. The molecule has 0 bridgehead atoms. The molecule has 1 saturated heterocycles. The summed E-state index contributed by atoms with van der Waals surface area (Å²) in [5, 5.41) is 6.52. The van der Waals surface area contributed by atoms with Crippen molar-refractivity contribution < 1.29 is 13.2 Å². The summed E-state index contributed by atoms with van der Waals surface area (Å²) in [6.07, 6.45) is 0.777. The number of rotatable bonds is 7. The highest BCUT2D eigenvalue weighted by Gasteiger charge is 2.20. The maximum atomic E-state index is 12.1. The van der Waals surface area contributed by atoms with E-state index in [0.29, 0.717) is 37.7 Å². The number of sulfone groups is 1. The number of nitrogens with zero attached hydrogens (tertiary/aromatic N) is 3. The minimum atomic E-state index is -2.84. The Kier molecular flexibility index (Phi) is 8.25. The summed E-state index contributed by atoms with van der Waals surface area (Å²) in [6, 6.07) is 7.66. The molecular weight excluding hydrogens is 378 g/mol. The second kappa shape index (κ2) is 10.4. The Morgan fingerprint density at radius 3 is 2.50 bits per heavy atom. The lowest BCUT2D eigenvalue weighted by Crippen LogP contribution is -2.46. The molecule has 1 amide bonds. The molecule has 0 aliphatic carbocycles. The van der Waals surface area contributed by atoms with E-state index in [2.05, 4.69) is 20.5 Å². The third-order valence-corrected chi connectivity index (χ3v) is 6.28. The zero-order chi connectivity index (χ0) is 20.6. The molecule has 0 saturated carbocycles. The summed E-state index contributed by atoms with van der Waals surface area (Å²) < 4.78 is 22.9. The molecule has 1 aliphatic rings. The first-order valence-corrected chi connectivity index (χ1v) is 11.3.